The molecule has 1 aromatic rings. The summed E-state index contributed by atoms with van der Waals surface area (Å²) < 4.78 is 5.04. The van der Waals surface area contributed by atoms with Crippen LogP contribution in [-0.4, -0.2) is 37.1 Å². The molecule has 0 heterocycles. The molecule has 1 rings (SSSR count). The summed E-state index contributed by atoms with van der Waals surface area (Å²) in [5, 5.41) is 11.5. The molecule has 22 heavy (non-hydrogen) atoms. The van der Waals surface area contributed by atoms with Crippen LogP contribution in [0.25, 0.3) is 0 Å². The summed E-state index contributed by atoms with van der Waals surface area (Å²) in [7, 11) is 1.57. The second kappa shape index (κ2) is 10.8. The number of aliphatic hydroxyl groups excluding tert-OH is 1. The Morgan fingerprint density at radius 2 is 1.73 bits per heavy atom. The number of hydrogen-bond donors (Lipinski definition) is 2. The fraction of sp³-hybridized carbons (Fsp3) is 0.529. The number of aliphatic hydroxyl groups is 1. The molecule has 0 unspecified atom stereocenters. The SMILES string of the molecule is COc1ccc(C(=O)CCC(=O)NCCCCCCO)cc1. The van der Waals surface area contributed by atoms with Gasteiger partial charge in [0, 0.05) is 31.6 Å². The highest BCUT2D eigenvalue weighted by Crippen LogP contribution is 2.13. The van der Waals surface area contributed by atoms with Crippen molar-refractivity contribution in [3.63, 3.8) is 0 Å². The zero-order valence-electron chi connectivity index (χ0n) is 13.1. The lowest BCUT2D eigenvalue weighted by molar-refractivity contribution is -0.121. The highest BCUT2D eigenvalue weighted by atomic mass is 16.5. The summed E-state index contributed by atoms with van der Waals surface area (Å²) in [5.74, 6) is 0.570. The molecular weight excluding hydrogens is 282 g/mol. The van der Waals surface area contributed by atoms with Crippen LogP contribution in [0.2, 0.25) is 0 Å². The number of benzene rings is 1. The van der Waals surface area contributed by atoms with Crippen molar-refractivity contribution >= 4 is 11.7 Å². The van der Waals surface area contributed by atoms with E-state index in [4.69, 9.17) is 9.84 Å². The van der Waals surface area contributed by atoms with E-state index >= 15 is 0 Å². The Balaban J connectivity index is 2.18. The van der Waals surface area contributed by atoms with Crippen LogP contribution < -0.4 is 10.1 Å². The Labute approximate surface area is 131 Å². The number of rotatable bonds is 11. The molecule has 0 spiro atoms. The smallest absolute Gasteiger partial charge is 0.220 e. The van der Waals surface area contributed by atoms with Crippen LogP contribution in [0.5, 0.6) is 5.75 Å². The van der Waals surface area contributed by atoms with E-state index in [0.29, 0.717) is 17.9 Å². The molecule has 0 aliphatic rings. The third kappa shape index (κ3) is 7.22. The van der Waals surface area contributed by atoms with Gasteiger partial charge in [-0.05, 0) is 37.1 Å². The monoisotopic (exact) mass is 307 g/mol. The Hall–Kier alpha value is -1.88. The summed E-state index contributed by atoms with van der Waals surface area (Å²) in [6, 6.07) is 6.89. The van der Waals surface area contributed by atoms with Gasteiger partial charge in [-0.1, -0.05) is 12.8 Å². The third-order valence-electron chi connectivity index (χ3n) is 3.40. The first kappa shape index (κ1) is 18.2. The third-order valence-corrected chi connectivity index (χ3v) is 3.40. The highest BCUT2D eigenvalue weighted by molar-refractivity contribution is 5.98. The fourth-order valence-corrected chi connectivity index (χ4v) is 2.05. The summed E-state index contributed by atoms with van der Waals surface area (Å²) in [4.78, 5) is 23.6. The maximum Gasteiger partial charge on any atom is 0.220 e. The minimum Gasteiger partial charge on any atom is -0.497 e. The normalized spacial score (nSPS) is 10.3. The van der Waals surface area contributed by atoms with Gasteiger partial charge < -0.3 is 15.2 Å². The number of carbonyl (C=O) groups is 2. The van der Waals surface area contributed by atoms with Crippen molar-refractivity contribution in [2.24, 2.45) is 0 Å². The molecule has 0 aromatic heterocycles. The Morgan fingerprint density at radius 1 is 1.05 bits per heavy atom. The van der Waals surface area contributed by atoms with Crippen LogP contribution in [-0.2, 0) is 4.79 Å². The van der Waals surface area contributed by atoms with Gasteiger partial charge in [-0.2, -0.15) is 0 Å². The first-order valence-electron chi connectivity index (χ1n) is 7.72. The summed E-state index contributed by atoms with van der Waals surface area (Å²) in [5.41, 5.74) is 0.595. The molecule has 1 aromatic carbocycles. The topological polar surface area (TPSA) is 75.6 Å². The Morgan fingerprint density at radius 3 is 2.36 bits per heavy atom. The summed E-state index contributed by atoms with van der Waals surface area (Å²) >= 11 is 0. The van der Waals surface area contributed by atoms with Gasteiger partial charge in [0.1, 0.15) is 5.75 Å². The van der Waals surface area contributed by atoms with Crippen molar-refractivity contribution in [3.8, 4) is 5.75 Å². The maximum atomic E-state index is 12.0. The molecule has 5 nitrogen and oxygen atoms in total. The van der Waals surface area contributed by atoms with E-state index in [0.717, 1.165) is 25.7 Å². The van der Waals surface area contributed by atoms with Crippen molar-refractivity contribution in [1.29, 1.82) is 0 Å². The van der Waals surface area contributed by atoms with Crippen LogP contribution in [0, 0.1) is 0 Å². The number of ether oxygens (including phenoxy) is 1. The number of methoxy groups -OCH3 is 1. The van der Waals surface area contributed by atoms with Gasteiger partial charge in [0.15, 0.2) is 5.78 Å². The lowest BCUT2D eigenvalue weighted by Gasteiger charge is -2.05. The van der Waals surface area contributed by atoms with E-state index < -0.39 is 0 Å². The minimum atomic E-state index is -0.0935. The fourth-order valence-electron chi connectivity index (χ4n) is 2.05. The molecule has 0 atom stereocenters. The quantitative estimate of drug-likeness (QED) is 0.486. The Kier molecular flexibility index (Phi) is 8.91. The summed E-state index contributed by atoms with van der Waals surface area (Å²) in [6.45, 7) is 0.848. The number of ketones is 1. The molecular formula is C17H25NO4. The number of nitrogens with one attached hydrogen (secondary N) is 1. The average molecular weight is 307 g/mol. The standard InChI is InChI=1S/C17H25NO4/c1-22-15-8-6-14(7-9-15)16(20)10-11-17(21)18-12-4-2-3-5-13-19/h6-9,19H,2-5,10-13H2,1H3,(H,18,21). The lowest BCUT2D eigenvalue weighted by Crippen LogP contribution is -2.24. The predicted octanol–water partition coefficient (Wildman–Crippen LogP) is 2.33. The minimum absolute atomic E-state index is 0.0410. The molecule has 0 bridgehead atoms. The van der Waals surface area contributed by atoms with Gasteiger partial charge in [0.2, 0.25) is 5.91 Å². The average Bonchev–Trinajstić information content (AvgIpc) is 2.56. The number of unbranched alkanes of at least 4 members (excludes halogenated alkanes) is 3. The van der Waals surface area contributed by atoms with E-state index in [1.165, 1.54) is 0 Å². The number of carbonyl (C=O) groups excluding carboxylic acids is 2. The van der Waals surface area contributed by atoms with Crippen molar-refractivity contribution < 1.29 is 19.4 Å². The van der Waals surface area contributed by atoms with Crippen LogP contribution in [0.1, 0.15) is 48.9 Å². The van der Waals surface area contributed by atoms with Crippen LogP contribution >= 0.6 is 0 Å². The van der Waals surface area contributed by atoms with Gasteiger partial charge in [0.05, 0.1) is 7.11 Å². The molecule has 0 aliphatic heterocycles. The van der Waals surface area contributed by atoms with E-state index in [1.807, 2.05) is 0 Å². The van der Waals surface area contributed by atoms with Gasteiger partial charge in [0.25, 0.3) is 0 Å². The molecule has 0 fully saturated rings. The van der Waals surface area contributed by atoms with Crippen LogP contribution in [0.4, 0.5) is 0 Å². The molecule has 0 saturated heterocycles. The van der Waals surface area contributed by atoms with E-state index in [-0.39, 0.29) is 31.1 Å². The molecule has 2 N–H and O–H groups in total. The van der Waals surface area contributed by atoms with Gasteiger partial charge in [-0.3, -0.25) is 9.59 Å². The Bertz CT molecular complexity index is 456. The second-order valence-electron chi connectivity index (χ2n) is 5.14. The number of amides is 1. The molecule has 1 amide bonds. The van der Waals surface area contributed by atoms with Crippen LogP contribution in [0.3, 0.4) is 0 Å². The maximum absolute atomic E-state index is 12.0. The molecule has 0 saturated carbocycles. The molecule has 122 valence electrons. The predicted molar refractivity (Wildman–Crippen MR) is 85.1 cm³/mol. The van der Waals surface area contributed by atoms with Crippen LogP contribution in [0.15, 0.2) is 24.3 Å². The largest absolute Gasteiger partial charge is 0.497 e. The summed E-state index contributed by atoms with van der Waals surface area (Å²) in [6.07, 6.45) is 4.10. The van der Waals surface area contributed by atoms with E-state index in [1.54, 1.807) is 31.4 Å². The van der Waals surface area contributed by atoms with Crippen molar-refractivity contribution in [3.05, 3.63) is 29.8 Å². The number of hydrogen-bond acceptors (Lipinski definition) is 4. The number of Topliss-reactive ketones (excluding diaryl/α,β-unsaturated/α-hetero) is 1. The lowest BCUT2D eigenvalue weighted by atomic mass is 10.1. The van der Waals surface area contributed by atoms with Crippen molar-refractivity contribution in [2.45, 2.75) is 38.5 Å². The van der Waals surface area contributed by atoms with Gasteiger partial charge in [-0.15, -0.1) is 0 Å². The second-order valence-corrected chi connectivity index (χ2v) is 5.14. The van der Waals surface area contributed by atoms with E-state index in [2.05, 4.69) is 5.32 Å². The van der Waals surface area contributed by atoms with Crippen molar-refractivity contribution in [2.75, 3.05) is 20.3 Å². The first-order chi connectivity index (χ1) is 10.7. The highest BCUT2D eigenvalue weighted by Gasteiger charge is 2.09. The van der Waals surface area contributed by atoms with E-state index in [9.17, 15) is 9.59 Å². The first-order valence-corrected chi connectivity index (χ1v) is 7.72. The zero-order valence-corrected chi connectivity index (χ0v) is 13.1. The molecule has 0 aliphatic carbocycles. The molecule has 5 heteroatoms. The molecule has 0 radical (unpaired) electrons. The van der Waals surface area contributed by atoms with Gasteiger partial charge >= 0.3 is 0 Å². The van der Waals surface area contributed by atoms with Crippen molar-refractivity contribution in [1.82, 2.24) is 5.32 Å². The zero-order chi connectivity index (χ0) is 16.2. The van der Waals surface area contributed by atoms with Gasteiger partial charge in [-0.25, -0.2) is 0 Å².